The second-order valence-corrected chi connectivity index (χ2v) is 8.86. The molecule has 3 heterocycles. The van der Waals surface area contributed by atoms with Crippen LogP contribution in [0.25, 0.3) is 21.0 Å². The van der Waals surface area contributed by atoms with Gasteiger partial charge in [-0.3, -0.25) is 24.8 Å². The maximum atomic E-state index is 13.2. The van der Waals surface area contributed by atoms with Gasteiger partial charge in [0.15, 0.2) is 5.13 Å². The van der Waals surface area contributed by atoms with E-state index in [1.54, 1.807) is 34.2 Å². The predicted molar refractivity (Wildman–Crippen MR) is 122 cm³/mol. The van der Waals surface area contributed by atoms with Crippen LogP contribution in [0.2, 0.25) is 0 Å². The summed E-state index contributed by atoms with van der Waals surface area (Å²) in [6, 6.07) is 6.21. The molecule has 1 fully saturated rings. The van der Waals surface area contributed by atoms with E-state index in [2.05, 4.69) is 15.2 Å². The summed E-state index contributed by atoms with van der Waals surface area (Å²) >= 11 is 0.782. The lowest BCUT2D eigenvalue weighted by molar-refractivity contribution is -0.383. The summed E-state index contributed by atoms with van der Waals surface area (Å²) in [4.78, 5) is 43.2. The van der Waals surface area contributed by atoms with Gasteiger partial charge in [-0.25, -0.2) is 0 Å². The second kappa shape index (κ2) is 8.30. The fraction of sp³-hybridized carbons (Fsp3) is 0.238. The number of hydrogen-bond acceptors (Lipinski definition) is 8. The number of nitrogens with one attached hydrogen (secondary N) is 1. The lowest BCUT2D eigenvalue weighted by Crippen LogP contribution is -2.49. The average molecular weight is 504 g/mol. The molecule has 5 rings (SSSR count). The minimum Gasteiger partial charge on any atom is -0.344 e. The van der Waals surface area contributed by atoms with E-state index in [9.17, 15) is 32.9 Å². The molecule has 1 saturated heterocycles. The normalized spacial score (nSPS) is 14.6. The Morgan fingerprint density at radius 3 is 2.57 bits per heavy atom. The van der Waals surface area contributed by atoms with Crippen LogP contribution in [0.3, 0.4) is 0 Å². The third-order valence-corrected chi connectivity index (χ3v) is 6.90. The number of nitro benzene ring substituents is 1. The molecule has 0 bridgehead atoms. The first-order chi connectivity index (χ1) is 16.6. The van der Waals surface area contributed by atoms with E-state index in [0.717, 1.165) is 22.2 Å². The van der Waals surface area contributed by atoms with E-state index in [1.165, 1.54) is 0 Å². The number of non-ortho nitro benzene ring substituents is 1. The Morgan fingerprint density at radius 2 is 1.89 bits per heavy atom. The zero-order valence-electron chi connectivity index (χ0n) is 17.7. The van der Waals surface area contributed by atoms with Gasteiger partial charge in [-0.15, -0.1) is 0 Å². The number of nitrogens with zero attached hydrogens (tertiary/aromatic N) is 5. The number of carbonyl (C=O) groups is 1. The topological polar surface area (TPSA) is 125 Å². The zero-order chi connectivity index (χ0) is 24.9. The molecule has 0 spiro atoms. The summed E-state index contributed by atoms with van der Waals surface area (Å²) < 4.78 is 39.3. The molecule has 14 heteroatoms. The number of H-pyrrole nitrogens is 1. The van der Waals surface area contributed by atoms with E-state index in [-0.39, 0.29) is 15.7 Å². The van der Waals surface area contributed by atoms with Crippen LogP contribution in [-0.2, 0) is 6.18 Å². The summed E-state index contributed by atoms with van der Waals surface area (Å²) in [6.45, 7) is 1.20. The number of benzene rings is 2. The summed E-state index contributed by atoms with van der Waals surface area (Å²) in [5.41, 5.74) is -1.76. The third kappa shape index (κ3) is 4.16. The van der Waals surface area contributed by atoms with Gasteiger partial charge in [0.25, 0.3) is 17.2 Å². The first-order valence-corrected chi connectivity index (χ1v) is 11.1. The van der Waals surface area contributed by atoms with E-state index < -0.39 is 33.3 Å². The summed E-state index contributed by atoms with van der Waals surface area (Å²) in [7, 11) is 0. The van der Waals surface area contributed by atoms with Crippen LogP contribution in [0.1, 0.15) is 15.9 Å². The monoisotopic (exact) mass is 504 g/mol. The fourth-order valence-electron chi connectivity index (χ4n) is 3.93. The van der Waals surface area contributed by atoms with Crippen molar-refractivity contribution in [2.24, 2.45) is 0 Å². The van der Waals surface area contributed by atoms with Gasteiger partial charge < -0.3 is 9.80 Å². The number of anilines is 1. The minimum absolute atomic E-state index is 0.150. The van der Waals surface area contributed by atoms with Crippen LogP contribution >= 0.6 is 11.3 Å². The summed E-state index contributed by atoms with van der Waals surface area (Å²) in [6.07, 6.45) is -3.23. The van der Waals surface area contributed by atoms with Crippen molar-refractivity contribution in [3.63, 3.8) is 0 Å². The Bertz CT molecular complexity index is 1540. The van der Waals surface area contributed by atoms with Gasteiger partial charge in [0.05, 0.1) is 27.6 Å². The van der Waals surface area contributed by atoms with Gasteiger partial charge >= 0.3 is 6.18 Å². The highest BCUT2D eigenvalue weighted by Crippen LogP contribution is 2.38. The molecule has 4 aromatic rings. The fourth-order valence-corrected chi connectivity index (χ4v) is 5.05. The molecule has 180 valence electrons. The quantitative estimate of drug-likeness (QED) is 0.335. The Labute approximate surface area is 197 Å². The van der Waals surface area contributed by atoms with Crippen molar-refractivity contribution in [2.75, 3.05) is 31.1 Å². The highest BCUT2D eigenvalue weighted by atomic mass is 32.1. The van der Waals surface area contributed by atoms with Crippen LogP contribution in [0.15, 0.2) is 41.3 Å². The molecule has 0 unspecified atom stereocenters. The van der Waals surface area contributed by atoms with Crippen LogP contribution < -0.4 is 10.5 Å². The molecule has 1 aliphatic heterocycles. The van der Waals surface area contributed by atoms with Crippen molar-refractivity contribution < 1.29 is 22.9 Å². The molecule has 1 N–H and O–H groups in total. The molecular weight excluding hydrogens is 489 g/mol. The highest BCUT2D eigenvalue weighted by Gasteiger charge is 2.34. The number of piperazine rings is 1. The molecule has 0 radical (unpaired) electrons. The average Bonchev–Trinajstić information content (AvgIpc) is 3.30. The van der Waals surface area contributed by atoms with Crippen molar-refractivity contribution in [1.29, 1.82) is 0 Å². The van der Waals surface area contributed by atoms with E-state index in [4.69, 9.17) is 0 Å². The molecule has 0 atom stereocenters. The molecule has 0 saturated carbocycles. The number of aromatic nitrogens is 3. The van der Waals surface area contributed by atoms with Crippen molar-refractivity contribution in [3.05, 3.63) is 68.1 Å². The van der Waals surface area contributed by atoms with Crippen LogP contribution in [0.5, 0.6) is 0 Å². The zero-order valence-corrected chi connectivity index (χ0v) is 18.5. The number of amides is 1. The minimum atomic E-state index is -4.85. The van der Waals surface area contributed by atoms with Gasteiger partial charge in [-0.1, -0.05) is 11.3 Å². The first-order valence-electron chi connectivity index (χ1n) is 10.3. The number of nitro groups is 1. The van der Waals surface area contributed by atoms with Crippen molar-refractivity contribution in [3.8, 4) is 0 Å². The number of fused-ring (bicyclic) bond motifs is 2. The van der Waals surface area contributed by atoms with Crippen LogP contribution in [-0.4, -0.2) is 57.1 Å². The van der Waals surface area contributed by atoms with Crippen LogP contribution in [0, 0.1) is 10.1 Å². The number of aromatic amines is 1. The lowest BCUT2D eigenvalue weighted by Gasteiger charge is -2.35. The molecule has 10 nitrogen and oxygen atoms in total. The lowest BCUT2D eigenvalue weighted by atomic mass is 10.1. The smallest absolute Gasteiger partial charge is 0.344 e. The molecular formula is C21H15F3N6O4S. The summed E-state index contributed by atoms with van der Waals surface area (Å²) in [5.74, 6) is -0.178. The Hall–Kier alpha value is -4.07. The second-order valence-electron chi connectivity index (χ2n) is 7.88. The third-order valence-electron chi connectivity index (χ3n) is 5.74. The molecule has 0 aliphatic carbocycles. The Kier molecular flexibility index (Phi) is 5.39. The maximum Gasteiger partial charge on any atom is 0.416 e. The number of alkyl halides is 3. The Balaban J connectivity index is 1.40. The molecule has 2 aromatic heterocycles. The summed E-state index contributed by atoms with van der Waals surface area (Å²) in [5, 5.41) is 18.7. The van der Waals surface area contributed by atoms with E-state index in [1.807, 2.05) is 0 Å². The van der Waals surface area contributed by atoms with Gasteiger partial charge in [-0.05, 0) is 24.3 Å². The molecule has 1 aliphatic rings. The molecule has 1 amide bonds. The van der Waals surface area contributed by atoms with Gasteiger partial charge in [0.2, 0.25) is 0 Å². The van der Waals surface area contributed by atoms with Crippen molar-refractivity contribution in [2.45, 2.75) is 6.18 Å². The number of hydrogen-bond donors (Lipinski definition) is 1. The van der Waals surface area contributed by atoms with E-state index >= 15 is 0 Å². The van der Waals surface area contributed by atoms with Crippen molar-refractivity contribution in [1.82, 2.24) is 20.1 Å². The highest BCUT2D eigenvalue weighted by molar-refractivity contribution is 7.22. The van der Waals surface area contributed by atoms with Crippen LogP contribution in [0.4, 0.5) is 24.0 Å². The van der Waals surface area contributed by atoms with Gasteiger partial charge in [-0.2, -0.15) is 23.3 Å². The number of carbonyl (C=O) groups excluding carboxylic acids is 1. The predicted octanol–water partition coefficient (Wildman–Crippen LogP) is 3.42. The first kappa shape index (κ1) is 22.7. The standard InChI is InChI=1S/C21H15F3N6O4S/c22-21(23,24)13-8-14-17(16(9-13)30(33)34)35-20(26-18(14)31)29-5-3-28(4-6-29)19(32)11-1-2-15-12(7-11)10-25-27-15/h1-2,7-10H,3-6H2,(H,25,27). The molecule has 2 aromatic carbocycles. The largest absolute Gasteiger partial charge is 0.416 e. The van der Waals surface area contributed by atoms with E-state index in [0.29, 0.717) is 43.9 Å². The number of rotatable bonds is 3. The van der Waals surface area contributed by atoms with Crippen molar-refractivity contribution >= 4 is 49.1 Å². The number of halogens is 3. The maximum absolute atomic E-state index is 13.2. The van der Waals surface area contributed by atoms with Gasteiger partial charge in [0.1, 0.15) is 4.70 Å². The molecule has 35 heavy (non-hydrogen) atoms. The Morgan fingerprint density at radius 1 is 1.14 bits per heavy atom. The van der Waals surface area contributed by atoms with Gasteiger partial charge in [0, 0.05) is 43.2 Å². The SMILES string of the molecule is O=C(c1ccc2[nH]ncc2c1)N1CCN(c2nc(=O)c3cc(C(F)(F)F)cc([N+](=O)[O-])c3s2)CC1.